The van der Waals surface area contributed by atoms with E-state index in [4.69, 9.17) is 0 Å². The molecule has 1 aliphatic heterocycles. The number of nitrogens with zero attached hydrogens (tertiary/aromatic N) is 2. The lowest BCUT2D eigenvalue weighted by Crippen LogP contribution is -2.47. The molecule has 1 fully saturated rings. The van der Waals surface area contributed by atoms with E-state index in [1.165, 1.54) is 5.56 Å². The van der Waals surface area contributed by atoms with Gasteiger partial charge in [0.2, 0.25) is 5.91 Å². The highest BCUT2D eigenvalue weighted by molar-refractivity contribution is 7.89. The zero-order chi connectivity index (χ0) is 30.7. The molecule has 4 rings (SSSR count). The number of rotatable bonds is 2. The number of hydrogen-bond donors (Lipinski definition) is 0. The van der Waals surface area contributed by atoms with Gasteiger partial charge in [0.1, 0.15) is 9.84 Å². The second kappa shape index (κ2) is 26.2. The number of hydrogen-bond acceptors (Lipinski definition) is 6. The lowest BCUT2D eigenvalue weighted by molar-refractivity contribution is -0.132. The summed E-state index contributed by atoms with van der Waals surface area (Å²) in [5.74, 6) is 0.253. The Bertz CT molecular complexity index is 962. The predicted molar refractivity (Wildman–Crippen MR) is 168 cm³/mol. The molecule has 7 nitrogen and oxygen atoms in total. The average Bonchev–Trinajstić information content (AvgIpc) is 2.92. The van der Waals surface area contributed by atoms with Gasteiger partial charge in [-0.05, 0) is 19.5 Å². The Morgan fingerprint density at radius 1 is 0.700 bits per heavy atom. The van der Waals surface area contributed by atoms with Gasteiger partial charge in [-0.1, -0.05) is 103 Å². The molecule has 8 heteroatoms. The van der Waals surface area contributed by atoms with Crippen LogP contribution in [0.5, 0.6) is 0 Å². The van der Waals surface area contributed by atoms with Crippen LogP contribution < -0.4 is 0 Å². The van der Waals surface area contributed by atoms with Crippen LogP contribution >= 0.6 is 0 Å². The molecule has 3 aromatic rings. The number of aryl methyl sites for hydroxylation is 1. The molecule has 40 heavy (non-hydrogen) atoms. The molecule has 1 saturated heterocycles. The minimum absolute atomic E-state index is 0.253. The highest BCUT2D eigenvalue weighted by atomic mass is 32.2. The largest absolute Gasteiger partial charge is 0.388 e. The SMILES string of the molecule is COC.COC.CS(C)(=O)=O.Cc1cccc(CC(=O)N2CCN(C)CC2)c1.c1ccccc1.c1ccccc1. The van der Waals surface area contributed by atoms with Crippen LogP contribution in [-0.2, 0) is 30.5 Å². The summed E-state index contributed by atoms with van der Waals surface area (Å²) in [5.41, 5.74) is 2.34. The molecule has 0 unspecified atom stereocenters. The first-order valence-corrected chi connectivity index (χ1v) is 15.3. The van der Waals surface area contributed by atoms with Crippen molar-refractivity contribution in [3.8, 4) is 0 Å². The van der Waals surface area contributed by atoms with E-state index in [1.807, 2.05) is 89.8 Å². The topological polar surface area (TPSA) is 76.1 Å². The van der Waals surface area contributed by atoms with E-state index in [0.29, 0.717) is 6.42 Å². The normalized spacial score (nSPS) is 12.1. The molecular formula is C32H50N2O5S. The molecule has 224 valence electrons. The van der Waals surface area contributed by atoms with Crippen LogP contribution in [-0.4, -0.2) is 98.3 Å². The van der Waals surface area contributed by atoms with E-state index in [2.05, 4.69) is 40.5 Å². The fourth-order valence-electron chi connectivity index (χ4n) is 2.93. The monoisotopic (exact) mass is 574 g/mol. The molecule has 3 aromatic carbocycles. The molecule has 0 spiro atoms. The van der Waals surface area contributed by atoms with Crippen LogP contribution in [0.15, 0.2) is 97.1 Å². The van der Waals surface area contributed by atoms with Gasteiger partial charge in [0.15, 0.2) is 0 Å². The maximum absolute atomic E-state index is 12.1. The first kappa shape index (κ1) is 39.1. The minimum Gasteiger partial charge on any atom is -0.388 e. The second-order valence-electron chi connectivity index (χ2n) is 9.12. The smallest absolute Gasteiger partial charge is 0.227 e. The third-order valence-corrected chi connectivity index (χ3v) is 4.63. The summed E-state index contributed by atoms with van der Waals surface area (Å²) in [7, 11) is 5.93. The number of carbonyl (C=O) groups excluding carboxylic acids is 1. The van der Waals surface area contributed by atoms with Gasteiger partial charge >= 0.3 is 0 Å². The van der Waals surface area contributed by atoms with Gasteiger partial charge < -0.3 is 19.3 Å². The predicted octanol–water partition coefficient (Wildman–Crippen LogP) is 4.87. The summed E-state index contributed by atoms with van der Waals surface area (Å²) in [6.07, 6.45) is 2.85. The fourth-order valence-corrected chi connectivity index (χ4v) is 2.93. The lowest BCUT2D eigenvalue weighted by atomic mass is 10.1. The zero-order valence-corrected chi connectivity index (χ0v) is 26.4. The quantitative estimate of drug-likeness (QED) is 0.435. The average molecular weight is 575 g/mol. The molecule has 0 atom stereocenters. The third kappa shape index (κ3) is 29.5. The molecule has 1 aliphatic rings. The van der Waals surface area contributed by atoms with Gasteiger partial charge in [0, 0.05) is 67.1 Å². The van der Waals surface area contributed by atoms with Gasteiger partial charge in [-0.15, -0.1) is 0 Å². The molecule has 0 aromatic heterocycles. The maximum Gasteiger partial charge on any atom is 0.227 e. The number of likely N-dealkylation sites (N-methyl/N-ethyl adjacent to an activating group) is 1. The minimum atomic E-state index is -2.67. The van der Waals surface area contributed by atoms with E-state index in [0.717, 1.165) is 44.3 Å². The Morgan fingerprint density at radius 3 is 1.32 bits per heavy atom. The first-order valence-electron chi connectivity index (χ1n) is 13.0. The summed E-state index contributed by atoms with van der Waals surface area (Å²) in [5, 5.41) is 0. The van der Waals surface area contributed by atoms with Crippen LogP contribution in [0.2, 0.25) is 0 Å². The van der Waals surface area contributed by atoms with Gasteiger partial charge in [-0.25, -0.2) is 8.42 Å². The van der Waals surface area contributed by atoms with E-state index in [-0.39, 0.29) is 5.91 Å². The molecule has 0 aliphatic carbocycles. The van der Waals surface area contributed by atoms with Crippen molar-refractivity contribution in [2.45, 2.75) is 13.3 Å². The van der Waals surface area contributed by atoms with Crippen molar-refractivity contribution in [1.82, 2.24) is 9.80 Å². The van der Waals surface area contributed by atoms with E-state index >= 15 is 0 Å². The van der Waals surface area contributed by atoms with Crippen molar-refractivity contribution in [2.75, 3.05) is 74.2 Å². The van der Waals surface area contributed by atoms with E-state index in [9.17, 15) is 13.2 Å². The number of amides is 1. The van der Waals surface area contributed by atoms with Crippen LogP contribution in [0.1, 0.15) is 11.1 Å². The number of sulfone groups is 1. The van der Waals surface area contributed by atoms with Crippen molar-refractivity contribution in [3.63, 3.8) is 0 Å². The van der Waals surface area contributed by atoms with Gasteiger partial charge in [-0.3, -0.25) is 4.79 Å². The Balaban J connectivity index is 0. The molecule has 0 N–H and O–H groups in total. The molecular weight excluding hydrogens is 524 g/mol. The number of benzene rings is 3. The van der Waals surface area contributed by atoms with Gasteiger partial charge in [-0.2, -0.15) is 0 Å². The number of methoxy groups -OCH3 is 2. The Hall–Kier alpha value is -3.04. The highest BCUT2D eigenvalue weighted by Crippen LogP contribution is 2.08. The Kier molecular flexibility index (Phi) is 25.6. The van der Waals surface area contributed by atoms with Crippen molar-refractivity contribution >= 4 is 15.7 Å². The van der Waals surface area contributed by atoms with Crippen LogP contribution in [0.3, 0.4) is 0 Å². The summed E-state index contributed by atoms with van der Waals surface area (Å²) in [4.78, 5) is 16.3. The first-order chi connectivity index (χ1) is 19.0. The fraction of sp³-hybridized carbons (Fsp3) is 0.406. The lowest BCUT2D eigenvalue weighted by Gasteiger charge is -2.32. The van der Waals surface area contributed by atoms with Crippen molar-refractivity contribution in [1.29, 1.82) is 0 Å². The third-order valence-electron chi connectivity index (χ3n) is 4.63. The zero-order valence-electron chi connectivity index (χ0n) is 25.6. The van der Waals surface area contributed by atoms with Crippen molar-refractivity contribution in [2.24, 2.45) is 0 Å². The molecule has 1 amide bonds. The second-order valence-corrected chi connectivity index (χ2v) is 11.4. The maximum atomic E-state index is 12.1. The van der Waals surface area contributed by atoms with Crippen LogP contribution in [0.4, 0.5) is 0 Å². The number of ether oxygens (including phenoxy) is 2. The number of piperazine rings is 1. The summed E-state index contributed by atoms with van der Waals surface area (Å²) in [6.45, 7) is 5.76. The van der Waals surface area contributed by atoms with Crippen LogP contribution in [0.25, 0.3) is 0 Å². The summed E-state index contributed by atoms with van der Waals surface area (Å²) >= 11 is 0. The molecule has 0 radical (unpaired) electrons. The number of carbonyl (C=O) groups is 1. The standard InChI is InChI=1S/C14H20N2O.2C6H6.C2H6O2S.2C2H6O/c1-12-4-3-5-13(10-12)11-14(17)16-8-6-15(2)7-9-16;2*1-2-4-6-5-3-1;1-5(2,3)4;2*1-3-2/h3-5,10H,6-9,11H2,1-2H3;2*1-6H;1-2H3;2*1-2H3. The van der Waals surface area contributed by atoms with E-state index in [1.54, 1.807) is 28.4 Å². The van der Waals surface area contributed by atoms with Crippen molar-refractivity contribution < 1.29 is 22.7 Å². The molecule has 1 heterocycles. The molecule has 0 saturated carbocycles. The van der Waals surface area contributed by atoms with E-state index < -0.39 is 9.84 Å². The van der Waals surface area contributed by atoms with Crippen molar-refractivity contribution in [3.05, 3.63) is 108 Å². The van der Waals surface area contributed by atoms with Gasteiger partial charge in [0.25, 0.3) is 0 Å². The van der Waals surface area contributed by atoms with Crippen LogP contribution in [0, 0.1) is 6.92 Å². The molecule has 0 bridgehead atoms. The Morgan fingerprint density at radius 2 is 1.02 bits per heavy atom. The Labute approximate surface area is 243 Å². The summed E-state index contributed by atoms with van der Waals surface area (Å²) < 4.78 is 27.8. The van der Waals surface area contributed by atoms with Gasteiger partial charge in [0.05, 0.1) is 6.42 Å². The summed E-state index contributed by atoms with van der Waals surface area (Å²) in [6, 6.07) is 32.2. The highest BCUT2D eigenvalue weighted by Gasteiger charge is 2.18.